The first-order valence-electron chi connectivity index (χ1n) is 9.54. The normalized spacial score (nSPS) is 16.8. The van der Waals surface area contributed by atoms with Crippen molar-refractivity contribution in [2.75, 3.05) is 33.7 Å². The predicted molar refractivity (Wildman–Crippen MR) is 107 cm³/mol. The van der Waals surface area contributed by atoms with Crippen LogP contribution in [0.5, 0.6) is 0 Å². The maximum atomic E-state index is 12.5. The molecule has 2 heterocycles. The van der Waals surface area contributed by atoms with Gasteiger partial charge in [-0.05, 0) is 45.1 Å². The number of aromatic nitrogens is 1. The van der Waals surface area contributed by atoms with Gasteiger partial charge in [0, 0.05) is 30.2 Å². The van der Waals surface area contributed by atoms with E-state index in [1.807, 2.05) is 49.5 Å². The highest BCUT2D eigenvalue weighted by Gasteiger charge is 2.38. The van der Waals surface area contributed by atoms with E-state index in [2.05, 4.69) is 15.6 Å². The van der Waals surface area contributed by atoms with Crippen LogP contribution < -0.4 is 10.6 Å². The molecule has 1 aromatic carbocycles. The first-order chi connectivity index (χ1) is 13.5. The van der Waals surface area contributed by atoms with Crippen molar-refractivity contribution in [1.29, 1.82) is 0 Å². The van der Waals surface area contributed by atoms with Crippen LogP contribution in [0.3, 0.4) is 0 Å². The Labute approximate surface area is 164 Å². The van der Waals surface area contributed by atoms with Crippen LogP contribution >= 0.6 is 0 Å². The highest BCUT2D eigenvalue weighted by atomic mass is 16.2. The lowest BCUT2D eigenvalue weighted by atomic mass is 10.1. The van der Waals surface area contributed by atoms with E-state index in [9.17, 15) is 14.4 Å². The number of rotatable bonds is 9. The second-order valence-electron chi connectivity index (χ2n) is 7.31. The van der Waals surface area contributed by atoms with Crippen molar-refractivity contribution in [2.45, 2.75) is 25.3 Å². The summed E-state index contributed by atoms with van der Waals surface area (Å²) in [7, 11) is 3.94. The summed E-state index contributed by atoms with van der Waals surface area (Å²) in [4.78, 5) is 43.2. The molecule has 3 rings (SSSR count). The summed E-state index contributed by atoms with van der Waals surface area (Å²) in [5.41, 5.74) is 2.08. The van der Waals surface area contributed by atoms with Crippen molar-refractivity contribution in [3.8, 4) is 0 Å². The van der Waals surface area contributed by atoms with Gasteiger partial charge in [0.05, 0.1) is 6.42 Å². The minimum absolute atomic E-state index is 0.0316. The summed E-state index contributed by atoms with van der Waals surface area (Å²) in [6.45, 7) is 1.71. The van der Waals surface area contributed by atoms with E-state index < -0.39 is 12.1 Å². The molecule has 1 fully saturated rings. The molecule has 1 aliphatic rings. The maximum absolute atomic E-state index is 12.5. The van der Waals surface area contributed by atoms with Crippen LogP contribution in [-0.4, -0.2) is 72.4 Å². The van der Waals surface area contributed by atoms with E-state index in [1.54, 1.807) is 0 Å². The molecule has 1 saturated heterocycles. The Hall–Kier alpha value is -2.87. The van der Waals surface area contributed by atoms with Gasteiger partial charge in [-0.3, -0.25) is 14.5 Å². The fourth-order valence-electron chi connectivity index (χ4n) is 3.38. The Morgan fingerprint density at radius 1 is 1.25 bits per heavy atom. The van der Waals surface area contributed by atoms with Crippen LogP contribution in [0.2, 0.25) is 0 Å². The number of nitrogens with one attached hydrogen (secondary N) is 3. The Balaban J connectivity index is 1.50. The zero-order chi connectivity index (χ0) is 20.1. The summed E-state index contributed by atoms with van der Waals surface area (Å²) < 4.78 is 0. The number of para-hydroxylation sites is 1. The summed E-state index contributed by atoms with van der Waals surface area (Å²) >= 11 is 0. The number of aromatic amines is 1. The van der Waals surface area contributed by atoms with Gasteiger partial charge in [-0.15, -0.1) is 0 Å². The molecule has 1 atom stereocenters. The molecule has 0 spiro atoms. The first kappa shape index (κ1) is 19.9. The largest absolute Gasteiger partial charge is 0.361 e. The van der Waals surface area contributed by atoms with Crippen LogP contribution in [0.15, 0.2) is 30.5 Å². The Bertz CT molecular complexity index is 860. The zero-order valence-electron chi connectivity index (χ0n) is 16.3. The number of fused-ring (bicyclic) bond motifs is 1. The monoisotopic (exact) mass is 385 g/mol. The zero-order valence-corrected chi connectivity index (χ0v) is 16.3. The average molecular weight is 385 g/mol. The molecule has 8 nitrogen and oxygen atoms in total. The van der Waals surface area contributed by atoms with E-state index in [0.29, 0.717) is 13.0 Å². The van der Waals surface area contributed by atoms with Crippen molar-refractivity contribution in [3.63, 3.8) is 0 Å². The first-order valence-corrected chi connectivity index (χ1v) is 9.54. The van der Waals surface area contributed by atoms with Crippen molar-refractivity contribution in [2.24, 2.45) is 0 Å². The Morgan fingerprint density at radius 2 is 2.04 bits per heavy atom. The van der Waals surface area contributed by atoms with Crippen molar-refractivity contribution in [1.82, 2.24) is 25.4 Å². The average Bonchev–Trinajstić information content (AvgIpc) is 3.18. The van der Waals surface area contributed by atoms with Gasteiger partial charge in [-0.25, -0.2) is 4.79 Å². The quantitative estimate of drug-likeness (QED) is 0.445. The third-order valence-electron chi connectivity index (χ3n) is 4.88. The third-order valence-corrected chi connectivity index (χ3v) is 4.88. The van der Waals surface area contributed by atoms with Gasteiger partial charge in [0.25, 0.3) is 5.91 Å². The SMILES string of the molecule is CN(C)CCCNC(=O)C[C@H]1NC(=O)N(CCc2c[nH]c3ccccc23)C1=O. The van der Waals surface area contributed by atoms with Gasteiger partial charge in [0.2, 0.25) is 5.91 Å². The molecule has 4 amide bonds. The number of amides is 4. The Morgan fingerprint density at radius 3 is 2.82 bits per heavy atom. The van der Waals surface area contributed by atoms with Crippen LogP contribution in [0.25, 0.3) is 10.9 Å². The van der Waals surface area contributed by atoms with Gasteiger partial charge in [0.15, 0.2) is 0 Å². The summed E-state index contributed by atoms with van der Waals surface area (Å²) in [5.74, 6) is -0.566. The van der Waals surface area contributed by atoms with Crippen molar-refractivity contribution in [3.05, 3.63) is 36.0 Å². The number of hydrogen-bond donors (Lipinski definition) is 3. The second kappa shape index (κ2) is 8.88. The molecule has 0 saturated carbocycles. The molecule has 2 aromatic rings. The maximum Gasteiger partial charge on any atom is 0.324 e. The lowest BCUT2D eigenvalue weighted by Crippen LogP contribution is -2.37. The fourth-order valence-corrected chi connectivity index (χ4v) is 3.38. The summed E-state index contributed by atoms with van der Waals surface area (Å²) in [5, 5.41) is 6.51. The third kappa shape index (κ3) is 4.69. The number of hydrogen-bond acceptors (Lipinski definition) is 4. The smallest absolute Gasteiger partial charge is 0.324 e. The molecular weight excluding hydrogens is 358 g/mol. The number of nitrogens with zero attached hydrogens (tertiary/aromatic N) is 2. The van der Waals surface area contributed by atoms with E-state index in [1.165, 1.54) is 4.90 Å². The van der Waals surface area contributed by atoms with Gasteiger partial charge in [-0.1, -0.05) is 18.2 Å². The lowest BCUT2D eigenvalue weighted by Gasteiger charge is -2.13. The van der Waals surface area contributed by atoms with Crippen molar-refractivity contribution >= 4 is 28.7 Å². The molecule has 8 heteroatoms. The lowest BCUT2D eigenvalue weighted by molar-refractivity contribution is -0.130. The highest BCUT2D eigenvalue weighted by molar-refractivity contribution is 6.05. The molecule has 3 N–H and O–H groups in total. The minimum atomic E-state index is -0.788. The van der Waals surface area contributed by atoms with Gasteiger partial charge in [0.1, 0.15) is 6.04 Å². The van der Waals surface area contributed by atoms with E-state index >= 15 is 0 Å². The minimum Gasteiger partial charge on any atom is -0.361 e. The van der Waals surface area contributed by atoms with Crippen LogP contribution in [0, 0.1) is 0 Å². The molecule has 0 unspecified atom stereocenters. The van der Waals surface area contributed by atoms with Crippen LogP contribution in [0.1, 0.15) is 18.4 Å². The van der Waals surface area contributed by atoms with E-state index in [-0.39, 0.29) is 24.8 Å². The van der Waals surface area contributed by atoms with Crippen LogP contribution in [-0.2, 0) is 16.0 Å². The van der Waals surface area contributed by atoms with E-state index in [4.69, 9.17) is 0 Å². The second-order valence-corrected chi connectivity index (χ2v) is 7.31. The molecule has 0 bridgehead atoms. The van der Waals surface area contributed by atoms with Gasteiger partial charge >= 0.3 is 6.03 Å². The van der Waals surface area contributed by atoms with Gasteiger partial charge in [-0.2, -0.15) is 0 Å². The van der Waals surface area contributed by atoms with Gasteiger partial charge < -0.3 is 20.5 Å². The highest BCUT2D eigenvalue weighted by Crippen LogP contribution is 2.19. The standard InChI is InChI=1S/C20H27N5O3/c1-24(2)10-5-9-21-18(26)12-17-19(27)25(20(28)23-17)11-8-14-13-22-16-7-4-3-6-15(14)16/h3-4,6-7,13,17,22H,5,8-12H2,1-2H3,(H,21,26)(H,23,28)/t17-/m1/s1. The molecule has 0 radical (unpaired) electrons. The number of benzene rings is 1. The molecule has 150 valence electrons. The van der Waals surface area contributed by atoms with Crippen LogP contribution in [0.4, 0.5) is 4.79 Å². The summed E-state index contributed by atoms with van der Waals surface area (Å²) in [6, 6.07) is 6.69. The molecule has 0 aliphatic carbocycles. The number of carbonyl (C=O) groups is 3. The topological polar surface area (TPSA) is 97.5 Å². The molecule has 1 aromatic heterocycles. The number of H-pyrrole nitrogens is 1. The van der Waals surface area contributed by atoms with Crippen molar-refractivity contribution < 1.29 is 14.4 Å². The number of imide groups is 1. The fraction of sp³-hybridized carbons (Fsp3) is 0.450. The predicted octanol–water partition coefficient (Wildman–Crippen LogP) is 1.09. The number of urea groups is 1. The molecular formula is C20H27N5O3. The molecule has 1 aliphatic heterocycles. The molecule has 28 heavy (non-hydrogen) atoms. The summed E-state index contributed by atoms with van der Waals surface area (Å²) in [6.07, 6.45) is 3.27. The number of carbonyl (C=O) groups excluding carboxylic acids is 3. The Kier molecular flexibility index (Phi) is 6.30. The van der Waals surface area contributed by atoms with E-state index in [0.717, 1.165) is 29.4 Å².